The molecule has 0 aliphatic heterocycles. The minimum absolute atomic E-state index is 0.553. The summed E-state index contributed by atoms with van der Waals surface area (Å²) in [6.07, 6.45) is 7.66. The van der Waals surface area contributed by atoms with E-state index in [1.807, 2.05) is 6.92 Å². The molecule has 0 aromatic rings. The lowest BCUT2D eigenvalue weighted by Crippen LogP contribution is -1.95. The van der Waals surface area contributed by atoms with Gasteiger partial charge in [-0.05, 0) is 38.7 Å². The summed E-state index contributed by atoms with van der Waals surface area (Å²) in [4.78, 5) is 0. The quantitative estimate of drug-likeness (QED) is 0.477. The minimum Gasteiger partial charge on any atom is -0.499 e. The van der Waals surface area contributed by atoms with Crippen molar-refractivity contribution < 1.29 is 4.74 Å². The Morgan fingerprint density at radius 1 is 1.43 bits per heavy atom. The maximum absolute atomic E-state index is 5.42. The summed E-state index contributed by atoms with van der Waals surface area (Å²) in [5.74, 6) is 2.16. The van der Waals surface area contributed by atoms with Crippen molar-refractivity contribution in [2.75, 3.05) is 6.61 Å². The highest BCUT2D eigenvalue weighted by molar-refractivity contribution is 5.29. The van der Waals surface area contributed by atoms with Crippen LogP contribution in [-0.4, -0.2) is 6.61 Å². The van der Waals surface area contributed by atoms with Crippen LogP contribution in [0.25, 0.3) is 0 Å². The van der Waals surface area contributed by atoms with Gasteiger partial charge in [0.2, 0.25) is 0 Å². The Morgan fingerprint density at radius 3 is 2.64 bits per heavy atom. The SMILES string of the molecule is C=C(OCC)C1CC1C(C=CC)=CC. The van der Waals surface area contributed by atoms with Crippen LogP contribution in [0, 0.1) is 11.8 Å². The molecule has 0 heterocycles. The summed E-state index contributed by atoms with van der Waals surface area (Å²) in [5.41, 5.74) is 1.42. The highest BCUT2D eigenvalue weighted by Crippen LogP contribution is 2.48. The van der Waals surface area contributed by atoms with E-state index >= 15 is 0 Å². The van der Waals surface area contributed by atoms with Gasteiger partial charge in [0, 0.05) is 5.92 Å². The van der Waals surface area contributed by atoms with Crippen molar-refractivity contribution >= 4 is 0 Å². The van der Waals surface area contributed by atoms with E-state index in [4.69, 9.17) is 4.74 Å². The standard InChI is InChI=1S/C13H20O/c1-5-8-11(6-2)13-9-12(13)10(4)14-7-3/h5-6,8,12-13H,4,7,9H2,1-3H3. The van der Waals surface area contributed by atoms with Crippen molar-refractivity contribution in [2.45, 2.75) is 27.2 Å². The third kappa shape index (κ3) is 2.50. The van der Waals surface area contributed by atoms with Gasteiger partial charge in [0.05, 0.1) is 12.4 Å². The molecule has 2 atom stereocenters. The normalized spacial score (nSPS) is 26.6. The van der Waals surface area contributed by atoms with Gasteiger partial charge in [0.15, 0.2) is 0 Å². The van der Waals surface area contributed by atoms with Crippen molar-refractivity contribution in [1.29, 1.82) is 0 Å². The molecule has 1 aliphatic carbocycles. The summed E-state index contributed by atoms with van der Waals surface area (Å²) in [6.45, 7) is 10.8. The van der Waals surface area contributed by atoms with E-state index in [-0.39, 0.29) is 0 Å². The molecule has 1 rings (SSSR count). The molecule has 0 aromatic heterocycles. The smallest absolute Gasteiger partial charge is 0.0925 e. The second-order valence-electron chi connectivity index (χ2n) is 3.64. The number of rotatable bonds is 5. The Balaban J connectivity index is 2.49. The number of allylic oxidation sites excluding steroid dienone is 5. The molecule has 0 spiro atoms. The fourth-order valence-electron chi connectivity index (χ4n) is 1.84. The topological polar surface area (TPSA) is 9.23 Å². The first-order chi connectivity index (χ1) is 6.74. The lowest BCUT2D eigenvalue weighted by Gasteiger charge is -2.06. The lowest BCUT2D eigenvalue weighted by molar-refractivity contribution is 0.212. The fourth-order valence-corrected chi connectivity index (χ4v) is 1.84. The average molecular weight is 192 g/mol. The molecular formula is C13H20O. The van der Waals surface area contributed by atoms with E-state index in [0.717, 1.165) is 12.4 Å². The van der Waals surface area contributed by atoms with Crippen molar-refractivity contribution in [3.63, 3.8) is 0 Å². The van der Waals surface area contributed by atoms with Crippen molar-refractivity contribution in [3.8, 4) is 0 Å². The molecule has 2 unspecified atom stereocenters. The third-order valence-electron chi connectivity index (χ3n) is 2.65. The van der Waals surface area contributed by atoms with Crippen LogP contribution in [0.15, 0.2) is 36.1 Å². The van der Waals surface area contributed by atoms with Crippen LogP contribution in [0.4, 0.5) is 0 Å². The van der Waals surface area contributed by atoms with Gasteiger partial charge in [0.1, 0.15) is 0 Å². The number of hydrogen-bond acceptors (Lipinski definition) is 1. The van der Waals surface area contributed by atoms with E-state index in [9.17, 15) is 0 Å². The highest BCUT2D eigenvalue weighted by atomic mass is 16.5. The van der Waals surface area contributed by atoms with Gasteiger partial charge in [-0.15, -0.1) is 0 Å². The maximum atomic E-state index is 5.42. The Labute approximate surface area is 87.2 Å². The molecule has 1 heteroatoms. The summed E-state index contributed by atoms with van der Waals surface area (Å²) in [7, 11) is 0. The second kappa shape index (κ2) is 5.04. The van der Waals surface area contributed by atoms with Crippen LogP contribution in [0.5, 0.6) is 0 Å². The zero-order chi connectivity index (χ0) is 10.6. The van der Waals surface area contributed by atoms with Gasteiger partial charge in [-0.2, -0.15) is 0 Å². The van der Waals surface area contributed by atoms with Crippen molar-refractivity contribution in [3.05, 3.63) is 36.1 Å². The van der Waals surface area contributed by atoms with Gasteiger partial charge >= 0.3 is 0 Å². The lowest BCUT2D eigenvalue weighted by atomic mass is 10.1. The molecule has 0 amide bonds. The Hall–Kier alpha value is -0.980. The average Bonchev–Trinajstić information content (AvgIpc) is 2.94. The zero-order valence-electron chi connectivity index (χ0n) is 9.42. The molecule has 0 aromatic carbocycles. The monoisotopic (exact) mass is 192 g/mol. The highest BCUT2D eigenvalue weighted by Gasteiger charge is 2.41. The van der Waals surface area contributed by atoms with Crippen LogP contribution in [-0.2, 0) is 4.74 Å². The molecule has 0 saturated heterocycles. The molecular weight excluding hydrogens is 172 g/mol. The summed E-state index contributed by atoms with van der Waals surface area (Å²) in [5, 5.41) is 0. The third-order valence-corrected chi connectivity index (χ3v) is 2.65. The van der Waals surface area contributed by atoms with Gasteiger partial charge in [-0.25, -0.2) is 0 Å². The molecule has 1 fully saturated rings. The van der Waals surface area contributed by atoms with Crippen LogP contribution in [0.3, 0.4) is 0 Å². The number of ether oxygens (including phenoxy) is 1. The van der Waals surface area contributed by atoms with E-state index in [0.29, 0.717) is 11.8 Å². The minimum atomic E-state index is 0.553. The Bertz CT molecular complexity index is 260. The molecule has 14 heavy (non-hydrogen) atoms. The van der Waals surface area contributed by atoms with E-state index in [2.05, 4.69) is 38.7 Å². The van der Waals surface area contributed by atoms with Crippen LogP contribution < -0.4 is 0 Å². The van der Waals surface area contributed by atoms with Crippen LogP contribution in [0.2, 0.25) is 0 Å². The van der Waals surface area contributed by atoms with Gasteiger partial charge in [-0.1, -0.05) is 24.8 Å². The van der Waals surface area contributed by atoms with Crippen LogP contribution >= 0.6 is 0 Å². The molecule has 0 N–H and O–H groups in total. The summed E-state index contributed by atoms with van der Waals surface area (Å²) >= 11 is 0. The van der Waals surface area contributed by atoms with E-state index in [1.54, 1.807) is 0 Å². The predicted molar refractivity (Wildman–Crippen MR) is 60.9 cm³/mol. The van der Waals surface area contributed by atoms with E-state index in [1.165, 1.54) is 12.0 Å². The molecule has 78 valence electrons. The predicted octanol–water partition coefficient (Wildman–Crippen LogP) is 3.70. The summed E-state index contributed by atoms with van der Waals surface area (Å²) < 4.78 is 5.42. The molecule has 1 nitrogen and oxygen atoms in total. The first kappa shape index (κ1) is 11.1. The van der Waals surface area contributed by atoms with Crippen molar-refractivity contribution in [1.82, 2.24) is 0 Å². The van der Waals surface area contributed by atoms with Crippen LogP contribution in [0.1, 0.15) is 27.2 Å². The second-order valence-corrected chi connectivity index (χ2v) is 3.64. The molecule has 0 bridgehead atoms. The largest absolute Gasteiger partial charge is 0.499 e. The van der Waals surface area contributed by atoms with E-state index < -0.39 is 0 Å². The van der Waals surface area contributed by atoms with Gasteiger partial charge < -0.3 is 4.74 Å². The van der Waals surface area contributed by atoms with Gasteiger partial charge in [0.25, 0.3) is 0 Å². The first-order valence-electron chi connectivity index (χ1n) is 5.35. The Kier molecular flexibility index (Phi) is 3.99. The molecule has 1 aliphatic rings. The van der Waals surface area contributed by atoms with Crippen molar-refractivity contribution in [2.24, 2.45) is 11.8 Å². The zero-order valence-corrected chi connectivity index (χ0v) is 9.42. The maximum Gasteiger partial charge on any atom is 0.0925 e. The molecule has 0 radical (unpaired) electrons. The fraction of sp³-hybridized carbons (Fsp3) is 0.538. The Morgan fingerprint density at radius 2 is 2.14 bits per heavy atom. The number of hydrogen-bond donors (Lipinski definition) is 0. The van der Waals surface area contributed by atoms with Gasteiger partial charge in [-0.3, -0.25) is 0 Å². The molecule has 1 saturated carbocycles. The first-order valence-corrected chi connectivity index (χ1v) is 5.35. The summed E-state index contributed by atoms with van der Waals surface area (Å²) in [6, 6.07) is 0.